The molecule has 0 spiro atoms. The molecule has 112 valence electrons. The van der Waals surface area contributed by atoms with E-state index in [0.29, 0.717) is 11.8 Å². The van der Waals surface area contributed by atoms with Crippen molar-refractivity contribution in [2.24, 2.45) is 5.92 Å². The molecule has 0 bridgehead atoms. The van der Waals surface area contributed by atoms with Crippen LogP contribution in [0.4, 0.5) is 4.39 Å². The lowest BCUT2D eigenvalue weighted by atomic mass is 9.84. The molecule has 3 atom stereocenters. The molecule has 1 aromatic carbocycles. The molecule has 1 N–H and O–H groups in total. The van der Waals surface area contributed by atoms with Gasteiger partial charge in [-0.15, -0.1) is 0 Å². The molecule has 2 nitrogen and oxygen atoms in total. The average molecular weight is 279 g/mol. The largest absolute Gasteiger partial charge is 0.494 e. The zero-order valence-electron chi connectivity index (χ0n) is 12.8. The van der Waals surface area contributed by atoms with Crippen LogP contribution >= 0.6 is 0 Å². The van der Waals surface area contributed by atoms with E-state index in [9.17, 15) is 4.39 Å². The molecule has 1 aromatic rings. The highest BCUT2D eigenvalue weighted by atomic mass is 19.1. The lowest BCUT2D eigenvalue weighted by Crippen LogP contribution is -2.35. The van der Waals surface area contributed by atoms with Crippen LogP contribution in [0.1, 0.15) is 57.6 Å². The van der Waals surface area contributed by atoms with E-state index in [1.165, 1.54) is 39.2 Å². The molecular weight excluding hydrogens is 253 g/mol. The van der Waals surface area contributed by atoms with Crippen molar-refractivity contribution >= 4 is 0 Å². The summed E-state index contributed by atoms with van der Waals surface area (Å²) in [6.07, 6.45) is 6.42. The molecule has 3 heteroatoms. The predicted octanol–water partition coefficient (Wildman–Crippen LogP) is 4.45. The first-order valence-corrected chi connectivity index (χ1v) is 7.73. The average Bonchev–Trinajstić information content (AvgIpc) is 2.47. The van der Waals surface area contributed by atoms with Crippen LogP contribution in [-0.2, 0) is 0 Å². The van der Waals surface area contributed by atoms with Gasteiger partial charge >= 0.3 is 0 Å². The molecule has 0 aromatic heterocycles. The SMILES string of the molecule is CCC1CCCC(NC(C)c2ccc(OC)c(F)c2)C1. The highest BCUT2D eigenvalue weighted by Gasteiger charge is 2.22. The van der Waals surface area contributed by atoms with Crippen molar-refractivity contribution in [2.75, 3.05) is 7.11 Å². The fraction of sp³-hybridized carbons (Fsp3) is 0.647. The van der Waals surface area contributed by atoms with Crippen LogP contribution in [0.2, 0.25) is 0 Å². The monoisotopic (exact) mass is 279 g/mol. The highest BCUT2D eigenvalue weighted by molar-refractivity contribution is 5.30. The molecule has 1 aliphatic rings. The van der Waals surface area contributed by atoms with Crippen molar-refractivity contribution in [2.45, 2.75) is 58.0 Å². The standard InChI is InChI=1S/C17H26FNO/c1-4-13-6-5-7-15(10-13)19-12(2)14-8-9-17(20-3)16(18)11-14/h8-9,11-13,15,19H,4-7,10H2,1-3H3. The Morgan fingerprint density at radius 2 is 2.20 bits per heavy atom. The Morgan fingerprint density at radius 1 is 1.40 bits per heavy atom. The Bertz CT molecular complexity index is 435. The van der Waals surface area contributed by atoms with E-state index in [1.54, 1.807) is 12.1 Å². The second kappa shape index (κ2) is 7.07. The Hall–Kier alpha value is -1.09. The van der Waals surface area contributed by atoms with Gasteiger partial charge in [0, 0.05) is 12.1 Å². The second-order valence-electron chi connectivity index (χ2n) is 5.92. The molecule has 0 saturated heterocycles. The van der Waals surface area contributed by atoms with Crippen molar-refractivity contribution < 1.29 is 9.13 Å². The van der Waals surface area contributed by atoms with Crippen LogP contribution in [0.5, 0.6) is 5.75 Å². The fourth-order valence-electron chi connectivity index (χ4n) is 3.21. The van der Waals surface area contributed by atoms with E-state index in [4.69, 9.17) is 4.74 Å². The van der Waals surface area contributed by atoms with Crippen molar-refractivity contribution in [3.63, 3.8) is 0 Å². The molecular formula is C17H26FNO. The third-order valence-electron chi connectivity index (χ3n) is 4.52. The molecule has 0 amide bonds. The van der Waals surface area contributed by atoms with E-state index in [2.05, 4.69) is 19.2 Å². The Morgan fingerprint density at radius 3 is 2.85 bits per heavy atom. The van der Waals surface area contributed by atoms with Crippen molar-refractivity contribution in [1.29, 1.82) is 0 Å². The van der Waals surface area contributed by atoms with Crippen LogP contribution in [0.3, 0.4) is 0 Å². The Kier molecular flexibility index (Phi) is 5.41. The third-order valence-corrected chi connectivity index (χ3v) is 4.52. The molecule has 1 saturated carbocycles. The van der Waals surface area contributed by atoms with E-state index >= 15 is 0 Å². The van der Waals surface area contributed by atoms with Gasteiger partial charge in [-0.3, -0.25) is 0 Å². The summed E-state index contributed by atoms with van der Waals surface area (Å²) in [5.41, 5.74) is 0.988. The molecule has 0 heterocycles. The van der Waals surface area contributed by atoms with Gasteiger partial charge in [-0.05, 0) is 43.4 Å². The first-order chi connectivity index (χ1) is 9.63. The Balaban J connectivity index is 1.97. The summed E-state index contributed by atoms with van der Waals surface area (Å²) in [4.78, 5) is 0. The van der Waals surface area contributed by atoms with Crippen molar-refractivity contribution in [1.82, 2.24) is 5.32 Å². The number of halogens is 1. The molecule has 2 rings (SSSR count). The normalized spacial score (nSPS) is 24.4. The lowest BCUT2D eigenvalue weighted by Gasteiger charge is -2.31. The number of hydrogen-bond donors (Lipinski definition) is 1. The zero-order chi connectivity index (χ0) is 14.5. The van der Waals surface area contributed by atoms with Gasteiger partial charge in [0.1, 0.15) is 0 Å². The lowest BCUT2D eigenvalue weighted by molar-refractivity contribution is 0.265. The number of methoxy groups -OCH3 is 1. The van der Waals surface area contributed by atoms with Crippen molar-refractivity contribution in [3.8, 4) is 5.75 Å². The summed E-state index contributed by atoms with van der Waals surface area (Å²) in [5.74, 6) is 0.874. The number of ether oxygens (including phenoxy) is 1. The van der Waals surface area contributed by atoms with Crippen LogP contribution in [0, 0.1) is 11.7 Å². The van der Waals surface area contributed by atoms with Crippen LogP contribution in [0.25, 0.3) is 0 Å². The minimum Gasteiger partial charge on any atom is -0.494 e. The quantitative estimate of drug-likeness (QED) is 0.859. The number of nitrogens with one attached hydrogen (secondary N) is 1. The topological polar surface area (TPSA) is 21.3 Å². The summed E-state index contributed by atoms with van der Waals surface area (Å²) in [5, 5.41) is 3.66. The summed E-state index contributed by atoms with van der Waals surface area (Å²) in [6.45, 7) is 4.38. The first-order valence-electron chi connectivity index (χ1n) is 7.73. The zero-order valence-corrected chi connectivity index (χ0v) is 12.8. The molecule has 0 aliphatic heterocycles. The number of rotatable bonds is 5. The van der Waals surface area contributed by atoms with E-state index in [-0.39, 0.29) is 11.9 Å². The van der Waals surface area contributed by atoms with Crippen LogP contribution in [-0.4, -0.2) is 13.2 Å². The molecule has 1 fully saturated rings. The van der Waals surface area contributed by atoms with Gasteiger partial charge < -0.3 is 10.1 Å². The third kappa shape index (κ3) is 3.72. The maximum absolute atomic E-state index is 13.8. The molecule has 3 unspecified atom stereocenters. The number of benzene rings is 1. The minimum absolute atomic E-state index is 0.177. The maximum atomic E-state index is 13.8. The van der Waals surface area contributed by atoms with Crippen LogP contribution < -0.4 is 10.1 Å². The number of hydrogen-bond acceptors (Lipinski definition) is 2. The van der Waals surface area contributed by atoms with Gasteiger partial charge in [-0.2, -0.15) is 0 Å². The second-order valence-corrected chi connectivity index (χ2v) is 5.92. The van der Waals surface area contributed by atoms with Gasteiger partial charge in [-0.1, -0.05) is 32.3 Å². The van der Waals surface area contributed by atoms with E-state index in [1.807, 2.05) is 6.07 Å². The summed E-state index contributed by atoms with van der Waals surface area (Å²) < 4.78 is 18.7. The molecule has 0 radical (unpaired) electrons. The van der Waals surface area contributed by atoms with Gasteiger partial charge in [-0.25, -0.2) is 4.39 Å². The van der Waals surface area contributed by atoms with Gasteiger partial charge in [0.25, 0.3) is 0 Å². The predicted molar refractivity (Wildman–Crippen MR) is 80.5 cm³/mol. The first kappa shape index (κ1) is 15.3. The molecule has 1 aliphatic carbocycles. The van der Waals surface area contributed by atoms with Gasteiger partial charge in [0.15, 0.2) is 11.6 Å². The highest BCUT2D eigenvalue weighted by Crippen LogP contribution is 2.29. The summed E-state index contributed by atoms with van der Waals surface area (Å²) in [6, 6.07) is 5.97. The van der Waals surface area contributed by atoms with E-state index in [0.717, 1.165) is 11.5 Å². The van der Waals surface area contributed by atoms with E-state index < -0.39 is 0 Å². The van der Waals surface area contributed by atoms with Gasteiger partial charge in [0.2, 0.25) is 0 Å². The minimum atomic E-state index is -0.284. The Labute approximate surface area is 121 Å². The van der Waals surface area contributed by atoms with Crippen molar-refractivity contribution in [3.05, 3.63) is 29.6 Å². The summed E-state index contributed by atoms with van der Waals surface area (Å²) >= 11 is 0. The molecule has 20 heavy (non-hydrogen) atoms. The fourth-order valence-corrected chi connectivity index (χ4v) is 3.21. The summed E-state index contributed by atoms with van der Waals surface area (Å²) in [7, 11) is 1.49. The smallest absolute Gasteiger partial charge is 0.165 e. The van der Waals surface area contributed by atoms with Gasteiger partial charge in [0.05, 0.1) is 7.11 Å². The van der Waals surface area contributed by atoms with Crippen LogP contribution in [0.15, 0.2) is 18.2 Å². The maximum Gasteiger partial charge on any atom is 0.165 e.